The van der Waals surface area contributed by atoms with Crippen LogP contribution < -0.4 is 0 Å². The van der Waals surface area contributed by atoms with E-state index in [1.165, 1.54) is 5.56 Å². The minimum Gasteiger partial charge on any atom is -0.508 e. The van der Waals surface area contributed by atoms with Gasteiger partial charge in [-0.3, -0.25) is 0 Å². The van der Waals surface area contributed by atoms with Crippen molar-refractivity contribution in [3.8, 4) is 56.0 Å². The van der Waals surface area contributed by atoms with E-state index in [1.807, 2.05) is 24.3 Å². The van der Waals surface area contributed by atoms with E-state index in [2.05, 4.69) is 121 Å². The normalized spacial score (nSPS) is 11.7. The molecule has 1 heterocycles. The molecule has 0 atom stereocenters. The Labute approximate surface area is 293 Å². The zero-order chi connectivity index (χ0) is 34.1. The minimum absolute atomic E-state index is 0.232. The number of phenols is 2. The minimum atomic E-state index is 0.232. The van der Waals surface area contributed by atoms with Gasteiger partial charge in [0.2, 0.25) is 0 Å². The summed E-state index contributed by atoms with van der Waals surface area (Å²) < 4.78 is 6.65. The second-order valence-corrected chi connectivity index (χ2v) is 13.1. The summed E-state index contributed by atoms with van der Waals surface area (Å²) in [4.78, 5) is 0. The van der Waals surface area contributed by atoms with Crippen LogP contribution in [0, 0.1) is 0 Å². The quantitative estimate of drug-likeness (QED) is 0.186. The number of aromatic hydroxyl groups is 2. The molecule has 0 radical (unpaired) electrons. The van der Waals surface area contributed by atoms with E-state index in [9.17, 15) is 10.2 Å². The molecule has 0 aliphatic heterocycles. The largest absolute Gasteiger partial charge is 0.508 e. The molecule has 0 amide bonds. The molecule has 2 N–H and O–H groups in total. The summed E-state index contributed by atoms with van der Waals surface area (Å²) in [7, 11) is 0. The van der Waals surface area contributed by atoms with Crippen molar-refractivity contribution in [3.05, 3.63) is 170 Å². The summed E-state index contributed by atoms with van der Waals surface area (Å²) in [5.41, 5.74) is 10.5. The molecule has 0 aliphatic rings. The average molecular weight is 655 g/mol. The Morgan fingerprint density at radius 2 is 0.902 bits per heavy atom. The van der Waals surface area contributed by atoms with E-state index in [0.29, 0.717) is 0 Å². The van der Waals surface area contributed by atoms with Gasteiger partial charge in [0.1, 0.15) is 22.7 Å². The fourth-order valence-electron chi connectivity index (χ4n) is 7.95. The zero-order valence-electron chi connectivity index (χ0n) is 27.5. The second kappa shape index (κ2) is 11.4. The molecule has 9 aromatic carbocycles. The van der Waals surface area contributed by atoms with E-state index >= 15 is 0 Å². The van der Waals surface area contributed by atoms with Crippen LogP contribution >= 0.6 is 0 Å². The topological polar surface area (TPSA) is 53.6 Å². The summed E-state index contributed by atoms with van der Waals surface area (Å²) in [6.45, 7) is 0. The first-order valence-corrected chi connectivity index (χ1v) is 17.1. The summed E-state index contributed by atoms with van der Waals surface area (Å²) in [6, 6.07) is 58.0. The highest BCUT2D eigenvalue weighted by molar-refractivity contribution is 6.27. The van der Waals surface area contributed by atoms with Crippen molar-refractivity contribution in [2.75, 3.05) is 0 Å². The molecule has 51 heavy (non-hydrogen) atoms. The number of rotatable bonds is 4. The maximum Gasteiger partial charge on any atom is 0.143 e. The molecular weight excluding hydrogens is 625 g/mol. The van der Waals surface area contributed by atoms with Gasteiger partial charge < -0.3 is 14.6 Å². The van der Waals surface area contributed by atoms with Crippen LogP contribution in [0.1, 0.15) is 0 Å². The number of hydrogen-bond acceptors (Lipinski definition) is 3. The van der Waals surface area contributed by atoms with Gasteiger partial charge in [-0.15, -0.1) is 0 Å². The van der Waals surface area contributed by atoms with Gasteiger partial charge >= 0.3 is 0 Å². The maximum atomic E-state index is 10.2. The monoisotopic (exact) mass is 654 g/mol. The first kappa shape index (κ1) is 29.1. The third-order valence-electron chi connectivity index (χ3n) is 10.3. The molecule has 0 saturated heterocycles. The van der Waals surface area contributed by atoms with Crippen molar-refractivity contribution in [3.63, 3.8) is 0 Å². The SMILES string of the molecule is Oc1ccc(-c2ccc(-c3ccc(O)cc3)c(-c3c4ccccc4c(-c4cccc5oc6c7ccccc7ccc6c45)c4ccccc34)c2)cc1. The number of benzene rings is 9. The molecule has 1 aromatic heterocycles. The van der Waals surface area contributed by atoms with Crippen LogP contribution in [0.4, 0.5) is 0 Å². The van der Waals surface area contributed by atoms with Crippen LogP contribution in [0.3, 0.4) is 0 Å². The molecule has 3 heteroatoms. The fourth-order valence-corrected chi connectivity index (χ4v) is 7.95. The lowest BCUT2D eigenvalue weighted by Gasteiger charge is -2.21. The van der Waals surface area contributed by atoms with E-state index in [4.69, 9.17) is 4.42 Å². The van der Waals surface area contributed by atoms with Gasteiger partial charge in [-0.1, -0.05) is 127 Å². The molecule has 3 nitrogen and oxygen atoms in total. The summed E-state index contributed by atoms with van der Waals surface area (Å²) in [5.74, 6) is 0.469. The van der Waals surface area contributed by atoms with Gasteiger partial charge in [-0.25, -0.2) is 0 Å². The Balaban J connectivity index is 1.32. The van der Waals surface area contributed by atoms with E-state index in [0.717, 1.165) is 93.2 Å². The lowest BCUT2D eigenvalue weighted by molar-refractivity contribution is 0.475. The maximum absolute atomic E-state index is 10.2. The van der Waals surface area contributed by atoms with E-state index < -0.39 is 0 Å². The predicted molar refractivity (Wildman–Crippen MR) is 211 cm³/mol. The van der Waals surface area contributed by atoms with Crippen molar-refractivity contribution in [2.24, 2.45) is 0 Å². The highest BCUT2D eigenvalue weighted by atomic mass is 16.3. The van der Waals surface area contributed by atoms with Crippen LogP contribution in [0.25, 0.3) is 98.8 Å². The van der Waals surface area contributed by atoms with Crippen molar-refractivity contribution < 1.29 is 14.6 Å². The van der Waals surface area contributed by atoms with Gasteiger partial charge in [0, 0.05) is 16.2 Å². The number of fused-ring (bicyclic) bond motifs is 7. The second-order valence-electron chi connectivity index (χ2n) is 13.1. The van der Waals surface area contributed by atoms with Gasteiger partial charge in [-0.05, 0) is 114 Å². The van der Waals surface area contributed by atoms with Crippen LogP contribution in [0.2, 0.25) is 0 Å². The smallest absolute Gasteiger partial charge is 0.143 e. The van der Waals surface area contributed by atoms with Crippen LogP contribution in [-0.4, -0.2) is 10.2 Å². The number of hydrogen-bond donors (Lipinski definition) is 2. The molecular formula is C48H30O3. The number of phenolic OH excluding ortho intramolecular Hbond substituents is 2. The van der Waals surface area contributed by atoms with Crippen molar-refractivity contribution in [2.45, 2.75) is 0 Å². The van der Waals surface area contributed by atoms with Gasteiger partial charge in [-0.2, -0.15) is 0 Å². The average Bonchev–Trinajstić information content (AvgIpc) is 3.57. The van der Waals surface area contributed by atoms with Crippen LogP contribution in [-0.2, 0) is 0 Å². The number of furan rings is 1. The highest BCUT2D eigenvalue weighted by Gasteiger charge is 2.22. The van der Waals surface area contributed by atoms with Crippen LogP contribution in [0.15, 0.2) is 174 Å². The predicted octanol–water partition coefficient (Wildman–Crippen LogP) is 13.1. The van der Waals surface area contributed by atoms with E-state index in [-0.39, 0.29) is 11.5 Å². The fraction of sp³-hybridized carbons (Fsp3) is 0. The Kier molecular flexibility index (Phi) is 6.49. The van der Waals surface area contributed by atoms with Gasteiger partial charge in [0.25, 0.3) is 0 Å². The third kappa shape index (κ3) is 4.59. The van der Waals surface area contributed by atoms with Gasteiger partial charge in [0.05, 0.1) is 0 Å². The molecule has 10 aromatic rings. The molecule has 0 aliphatic carbocycles. The summed E-state index contributed by atoms with van der Waals surface area (Å²) in [6.07, 6.45) is 0. The third-order valence-corrected chi connectivity index (χ3v) is 10.3. The molecule has 0 unspecified atom stereocenters. The molecule has 0 bridgehead atoms. The molecule has 10 rings (SSSR count). The zero-order valence-corrected chi connectivity index (χ0v) is 27.5. The Morgan fingerprint density at radius 1 is 0.353 bits per heavy atom. The van der Waals surface area contributed by atoms with Crippen LogP contribution in [0.5, 0.6) is 11.5 Å². The standard InChI is InChI=1S/C48H30O3/c49-33-22-16-29(17-23-33)32-21-26-35(31-18-24-34(50)25-19-31)43(28-32)46-39-12-5-3-10-37(39)45(38-11-4-6-13-40(38)46)41-14-7-15-44-47(41)42-27-20-30-8-1-2-9-36(30)48(42)51-44/h1-28,49-50H. The highest BCUT2D eigenvalue weighted by Crippen LogP contribution is 2.49. The van der Waals surface area contributed by atoms with Crippen molar-refractivity contribution in [1.29, 1.82) is 0 Å². The first-order valence-electron chi connectivity index (χ1n) is 17.1. The summed E-state index contributed by atoms with van der Waals surface area (Å²) >= 11 is 0. The molecule has 240 valence electrons. The van der Waals surface area contributed by atoms with Gasteiger partial charge in [0.15, 0.2) is 0 Å². The molecule has 0 spiro atoms. The molecule has 0 saturated carbocycles. The Morgan fingerprint density at radius 3 is 1.55 bits per heavy atom. The van der Waals surface area contributed by atoms with E-state index in [1.54, 1.807) is 24.3 Å². The lowest BCUT2D eigenvalue weighted by Crippen LogP contribution is -1.94. The Hall–Kier alpha value is -6.84. The molecule has 0 fully saturated rings. The lowest BCUT2D eigenvalue weighted by atomic mass is 9.82. The van der Waals surface area contributed by atoms with Crippen molar-refractivity contribution in [1.82, 2.24) is 0 Å². The summed E-state index contributed by atoms with van der Waals surface area (Å²) in [5, 5.41) is 29.3. The Bertz CT molecular complexity index is 2910. The van der Waals surface area contributed by atoms with Crippen molar-refractivity contribution >= 4 is 54.3 Å². The first-order chi connectivity index (χ1) is 25.1.